The topological polar surface area (TPSA) is 85.1 Å². The molecule has 112 valence electrons. The van der Waals surface area contributed by atoms with Crippen molar-refractivity contribution in [3.8, 4) is 0 Å². The third kappa shape index (κ3) is 4.10. The van der Waals surface area contributed by atoms with Gasteiger partial charge in [0, 0.05) is 31.4 Å². The molecule has 1 heterocycles. The number of hydrogen-bond donors (Lipinski definition) is 2. The molecule has 0 radical (unpaired) electrons. The molecule has 6 heteroatoms. The van der Waals surface area contributed by atoms with Gasteiger partial charge in [0.1, 0.15) is 0 Å². The summed E-state index contributed by atoms with van der Waals surface area (Å²) in [5, 5.41) is 0. The van der Waals surface area contributed by atoms with Crippen molar-refractivity contribution < 1.29 is 8.42 Å². The number of nitrogens with one attached hydrogen (secondary N) is 1. The molecule has 0 amide bonds. The van der Waals surface area contributed by atoms with Crippen molar-refractivity contribution in [3.05, 3.63) is 59.4 Å². The van der Waals surface area contributed by atoms with Crippen LogP contribution in [-0.4, -0.2) is 19.9 Å². The Morgan fingerprint density at radius 2 is 2.05 bits per heavy atom. The lowest BCUT2D eigenvalue weighted by molar-refractivity contribution is 0.580. The molecule has 0 saturated heterocycles. The average molecular weight is 305 g/mol. The third-order valence-corrected chi connectivity index (χ3v) is 4.79. The smallest absolute Gasteiger partial charge is 0.240 e. The van der Waals surface area contributed by atoms with E-state index in [-0.39, 0.29) is 0 Å². The minimum absolute atomic E-state index is 0.292. The highest BCUT2D eigenvalue weighted by molar-refractivity contribution is 7.89. The first-order chi connectivity index (χ1) is 10.0. The van der Waals surface area contributed by atoms with Gasteiger partial charge in [0.2, 0.25) is 10.0 Å². The maximum atomic E-state index is 12.3. The van der Waals surface area contributed by atoms with E-state index in [0.29, 0.717) is 30.0 Å². The van der Waals surface area contributed by atoms with Crippen molar-refractivity contribution in [2.24, 2.45) is 5.73 Å². The quantitative estimate of drug-likeness (QED) is 0.844. The molecule has 0 aliphatic heterocycles. The highest BCUT2D eigenvalue weighted by Gasteiger charge is 2.16. The van der Waals surface area contributed by atoms with Gasteiger partial charge in [-0.3, -0.25) is 4.98 Å². The molecule has 0 atom stereocenters. The van der Waals surface area contributed by atoms with Crippen LogP contribution >= 0.6 is 0 Å². The number of aryl methyl sites for hydroxylation is 1. The summed E-state index contributed by atoms with van der Waals surface area (Å²) in [5.41, 5.74) is 8.02. The number of nitrogens with two attached hydrogens (primary N) is 1. The van der Waals surface area contributed by atoms with Gasteiger partial charge in [0.15, 0.2) is 0 Å². The van der Waals surface area contributed by atoms with Crippen LogP contribution in [0.4, 0.5) is 0 Å². The first-order valence-corrected chi connectivity index (χ1v) is 8.20. The van der Waals surface area contributed by atoms with Crippen molar-refractivity contribution in [1.29, 1.82) is 0 Å². The second kappa shape index (κ2) is 6.80. The van der Waals surface area contributed by atoms with Crippen LogP contribution in [0, 0.1) is 6.92 Å². The number of hydrogen-bond acceptors (Lipinski definition) is 4. The van der Waals surface area contributed by atoms with Crippen molar-refractivity contribution in [2.75, 3.05) is 6.54 Å². The molecule has 2 aromatic rings. The van der Waals surface area contributed by atoms with Gasteiger partial charge >= 0.3 is 0 Å². The van der Waals surface area contributed by atoms with Crippen molar-refractivity contribution in [3.63, 3.8) is 0 Å². The number of sulfonamides is 1. The molecule has 0 bridgehead atoms. The largest absolute Gasteiger partial charge is 0.326 e. The van der Waals surface area contributed by atoms with Crippen molar-refractivity contribution in [2.45, 2.75) is 24.8 Å². The Balaban J connectivity index is 2.05. The fourth-order valence-electron chi connectivity index (χ4n) is 2.08. The molecule has 3 N–H and O–H groups in total. The Kier molecular flexibility index (Phi) is 5.06. The summed E-state index contributed by atoms with van der Waals surface area (Å²) >= 11 is 0. The van der Waals surface area contributed by atoms with E-state index in [9.17, 15) is 8.42 Å². The van der Waals surface area contributed by atoms with Gasteiger partial charge in [-0.05, 0) is 36.2 Å². The standard InChI is InChI=1S/C15H19N3O2S/c1-12-10-13(11-16)5-6-15(12)21(19,20)18-9-7-14-4-2-3-8-17-14/h2-6,8,10,18H,7,9,11,16H2,1H3. The lowest BCUT2D eigenvalue weighted by atomic mass is 10.1. The molecule has 1 aromatic heterocycles. The van der Waals surface area contributed by atoms with Gasteiger partial charge in [0.25, 0.3) is 0 Å². The predicted molar refractivity (Wildman–Crippen MR) is 82.2 cm³/mol. The molecular weight excluding hydrogens is 286 g/mol. The zero-order chi connectivity index (χ0) is 15.3. The average Bonchev–Trinajstić information content (AvgIpc) is 2.47. The first-order valence-electron chi connectivity index (χ1n) is 6.72. The summed E-state index contributed by atoms with van der Waals surface area (Å²) in [6.45, 7) is 2.48. The van der Waals surface area contributed by atoms with Crippen molar-refractivity contribution in [1.82, 2.24) is 9.71 Å². The van der Waals surface area contributed by atoms with E-state index in [1.165, 1.54) is 0 Å². The number of aromatic nitrogens is 1. The molecule has 0 unspecified atom stereocenters. The second-order valence-corrected chi connectivity index (χ2v) is 6.51. The Morgan fingerprint density at radius 1 is 1.24 bits per heavy atom. The predicted octanol–water partition coefficient (Wildman–Crippen LogP) is 1.37. The molecule has 5 nitrogen and oxygen atoms in total. The van der Waals surface area contributed by atoms with E-state index >= 15 is 0 Å². The first kappa shape index (κ1) is 15.6. The van der Waals surface area contributed by atoms with Crippen LogP contribution in [0.2, 0.25) is 0 Å². The molecule has 0 fully saturated rings. The summed E-state index contributed by atoms with van der Waals surface area (Å²) in [6.07, 6.45) is 2.25. The molecule has 1 aromatic carbocycles. The van der Waals surface area contributed by atoms with E-state index in [0.717, 1.165) is 11.3 Å². The lowest BCUT2D eigenvalue weighted by Crippen LogP contribution is -2.26. The van der Waals surface area contributed by atoms with Crippen LogP contribution < -0.4 is 10.5 Å². The van der Waals surface area contributed by atoms with E-state index in [1.807, 2.05) is 18.2 Å². The van der Waals surface area contributed by atoms with Gasteiger partial charge in [0.05, 0.1) is 4.90 Å². The molecular formula is C15H19N3O2S. The number of rotatable bonds is 6. The van der Waals surface area contributed by atoms with Gasteiger partial charge < -0.3 is 5.73 Å². The van der Waals surface area contributed by atoms with Gasteiger partial charge in [-0.25, -0.2) is 13.1 Å². The van der Waals surface area contributed by atoms with Crippen LogP contribution in [0.25, 0.3) is 0 Å². The van der Waals surface area contributed by atoms with Crippen LogP contribution in [0.5, 0.6) is 0 Å². The van der Waals surface area contributed by atoms with Crippen LogP contribution in [0.3, 0.4) is 0 Å². The Morgan fingerprint density at radius 3 is 2.67 bits per heavy atom. The Labute approximate surface area is 125 Å². The minimum atomic E-state index is -3.50. The van der Waals surface area contributed by atoms with Gasteiger partial charge in [-0.1, -0.05) is 18.2 Å². The summed E-state index contributed by atoms with van der Waals surface area (Å²) < 4.78 is 27.2. The number of benzene rings is 1. The second-order valence-electron chi connectivity index (χ2n) is 4.77. The van der Waals surface area contributed by atoms with E-state index in [2.05, 4.69) is 9.71 Å². The number of nitrogens with zero attached hydrogens (tertiary/aromatic N) is 1. The van der Waals surface area contributed by atoms with Gasteiger partial charge in [-0.2, -0.15) is 0 Å². The summed E-state index contributed by atoms with van der Waals surface area (Å²) in [4.78, 5) is 4.45. The molecule has 0 aliphatic carbocycles. The SMILES string of the molecule is Cc1cc(CN)ccc1S(=O)(=O)NCCc1ccccn1. The summed E-state index contributed by atoms with van der Waals surface area (Å²) in [6, 6.07) is 10.7. The van der Waals surface area contributed by atoms with E-state index in [4.69, 9.17) is 5.73 Å². The zero-order valence-corrected chi connectivity index (χ0v) is 12.7. The zero-order valence-electron chi connectivity index (χ0n) is 11.9. The van der Waals surface area contributed by atoms with Crippen LogP contribution in [0.15, 0.2) is 47.5 Å². The van der Waals surface area contributed by atoms with E-state index in [1.54, 1.807) is 31.3 Å². The van der Waals surface area contributed by atoms with Crippen LogP contribution in [-0.2, 0) is 23.0 Å². The number of pyridine rings is 1. The summed E-state index contributed by atoms with van der Waals surface area (Å²) in [5.74, 6) is 0. The highest BCUT2D eigenvalue weighted by atomic mass is 32.2. The molecule has 0 aliphatic rings. The molecule has 2 rings (SSSR count). The minimum Gasteiger partial charge on any atom is -0.326 e. The highest BCUT2D eigenvalue weighted by Crippen LogP contribution is 2.16. The maximum Gasteiger partial charge on any atom is 0.240 e. The normalized spacial score (nSPS) is 11.5. The fraction of sp³-hybridized carbons (Fsp3) is 0.267. The third-order valence-electron chi connectivity index (χ3n) is 3.16. The van der Waals surface area contributed by atoms with Gasteiger partial charge in [-0.15, -0.1) is 0 Å². The molecule has 0 saturated carbocycles. The monoisotopic (exact) mass is 305 g/mol. The van der Waals surface area contributed by atoms with E-state index < -0.39 is 10.0 Å². The Hall–Kier alpha value is -1.76. The maximum absolute atomic E-state index is 12.3. The fourth-order valence-corrected chi connectivity index (χ4v) is 3.33. The Bertz CT molecular complexity index is 700. The van der Waals surface area contributed by atoms with Crippen molar-refractivity contribution >= 4 is 10.0 Å². The molecule has 21 heavy (non-hydrogen) atoms. The molecule has 0 spiro atoms. The summed E-state index contributed by atoms with van der Waals surface area (Å²) in [7, 11) is -3.50. The lowest BCUT2D eigenvalue weighted by Gasteiger charge is -2.10. The van der Waals surface area contributed by atoms with Crippen LogP contribution in [0.1, 0.15) is 16.8 Å².